The third kappa shape index (κ3) is 4.62. The van der Waals surface area contributed by atoms with Gasteiger partial charge in [0.05, 0.1) is 16.8 Å². The molecule has 0 amide bonds. The molecule has 1 aliphatic heterocycles. The van der Waals surface area contributed by atoms with E-state index in [-0.39, 0.29) is 0 Å². The summed E-state index contributed by atoms with van der Waals surface area (Å²) in [6, 6.07) is 70.2. The number of nitrogens with zero attached hydrogens (tertiary/aromatic N) is 2. The van der Waals surface area contributed by atoms with Gasteiger partial charge in [-0.05, 0) is 79.5 Å². The Hall–Kier alpha value is -6.55. The molecule has 1 aromatic heterocycles. The summed E-state index contributed by atoms with van der Waals surface area (Å²) >= 11 is 1.86. The highest BCUT2D eigenvalue weighted by atomic mass is 32.2. The van der Waals surface area contributed by atoms with E-state index < -0.39 is 5.41 Å². The minimum absolute atomic E-state index is 0.456. The van der Waals surface area contributed by atoms with E-state index in [1.165, 1.54) is 65.1 Å². The maximum Gasteiger partial charge on any atom is 0.160 e. The van der Waals surface area contributed by atoms with Gasteiger partial charge in [-0.3, -0.25) is 0 Å². The summed E-state index contributed by atoms with van der Waals surface area (Å²) in [6.07, 6.45) is 0. The van der Waals surface area contributed by atoms with Crippen LogP contribution in [0.15, 0.2) is 204 Å². The summed E-state index contributed by atoms with van der Waals surface area (Å²) in [5.74, 6) is 0.711. The number of hydrogen-bond donors (Lipinski definition) is 0. The fraction of sp³-hybridized carbons (Fsp3) is 0.0196. The SMILES string of the molecule is c1ccc(-c2nc(-c3ccc4c(c3)C3(c5ccccc5S4)c4ccccc4-c4ccccc43)cc(-c3ccc(-c4ccccc4)c4ccccc34)n2)cc1. The van der Waals surface area contributed by atoms with Crippen LogP contribution in [-0.2, 0) is 5.41 Å². The first-order valence-corrected chi connectivity index (χ1v) is 19.2. The van der Waals surface area contributed by atoms with Gasteiger partial charge in [-0.25, -0.2) is 9.97 Å². The Labute approximate surface area is 318 Å². The minimum Gasteiger partial charge on any atom is -0.228 e. The van der Waals surface area contributed by atoms with Gasteiger partial charge in [0.1, 0.15) is 0 Å². The van der Waals surface area contributed by atoms with Gasteiger partial charge in [-0.2, -0.15) is 0 Å². The highest BCUT2D eigenvalue weighted by Crippen LogP contribution is 2.62. The molecule has 8 aromatic carbocycles. The lowest BCUT2D eigenvalue weighted by Crippen LogP contribution is -2.32. The molecule has 0 bridgehead atoms. The van der Waals surface area contributed by atoms with Crippen molar-refractivity contribution in [2.45, 2.75) is 15.2 Å². The summed E-state index contributed by atoms with van der Waals surface area (Å²) in [6.45, 7) is 0. The zero-order valence-electron chi connectivity index (χ0n) is 29.3. The minimum atomic E-state index is -0.456. The van der Waals surface area contributed by atoms with Crippen molar-refractivity contribution in [1.29, 1.82) is 0 Å². The van der Waals surface area contributed by atoms with E-state index in [2.05, 4.69) is 188 Å². The van der Waals surface area contributed by atoms with Gasteiger partial charge in [0, 0.05) is 26.5 Å². The highest BCUT2D eigenvalue weighted by Gasteiger charge is 2.50. The normalized spacial score (nSPS) is 13.3. The predicted molar refractivity (Wildman–Crippen MR) is 223 cm³/mol. The lowest BCUT2D eigenvalue weighted by Gasteiger charge is -2.39. The van der Waals surface area contributed by atoms with E-state index in [1.807, 2.05) is 17.8 Å². The van der Waals surface area contributed by atoms with Crippen molar-refractivity contribution in [3.05, 3.63) is 216 Å². The fourth-order valence-corrected chi connectivity index (χ4v) is 10.0. The molecule has 0 saturated carbocycles. The monoisotopic (exact) mass is 704 g/mol. The van der Waals surface area contributed by atoms with Crippen LogP contribution in [0.5, 0.6) is 0 Å². The molecule has 0 atom stereocenters. The van der Waals surface area contributed by atoms with Gasteiger partial charge in [-0.15, -0.1) is 0 Å². The summed E-state index contributed by atoms with van der Waals surface area (Å²) in [5, 5.41) is 2.37. The topological polar surface area (TPSA) is 25.8 Å². The second-order valence-electron chi connectivity index (χ2n) is 14.1. The van der Waals surface area contributed by atoms with E-state index in [1.54, 1.807) is 0 Å². The molecule has 3 heteroatoms. The Bertz CT molecular complexity index is 2870. The van der Waals surface area contributed by atoms with Crippen LogP contribution in [0.2, 0.25) is 0 Å². The molecular formula is C51H32N2S. The number of hydrogen-bond acceptors (Lipinski definition) is 3. The highest BCUT2D eigenvalue weighted by molar-refractivity contribution is 7.99. The standard InChI is InChI=1S/C51H32N2S/c1-3-15-33(16-4-1)36-28-29-41(38-20-8-7-19-37(36)38)47-32-46(52-50(53-47)34-17-5-2-6-18-34)35-27-30-49-45(31-35)51(44-25-13-14-26-48(44)54-49)42-23-11-9-21-39(42)40-22-10-12-24-43(40)51/h1-32H. The van der Waals surface area contributed by atoms with Crippen molar-refractivity contribution < 1.29 is 0 Å². The van der Waals surface area contributed by atoms with E-state index in [9.17, 15) is 0 Å². The first kappa shape index (κ1) is 31.0. The molecular weight excluding hydrogens is 673 g/mol. The zero-order valence-corrected chi connectivity index (χ0v) is 30.1. The summed E-state index contributed by atoms with van der Waals surface area (Å²) in [5.41, 5.74) is 14.8. The first-order chi connectivity index (χ1) is 26.8. The molecule has 2 nitrogen and oxygen atoms in total. The Balaban J connectivity index is 1.16. The van der Waals surface area contributed by atoms with Crippen molar-refractivity contribution in [3.8, 4) is 56.2 Å². The van der Waals surface area contributed by atoms with Gasteiger partial charge in [-0.1, -0.05) is 182 Å². The van der Waals surface area contributed by atoms with Gasteiger partial charge >= 0.3 is 0 Å². The van der Waals surface area contributed by atoms with E-state index >= 15 is 0 Å². The molecule has 9 aromatic rings. The molecule has 0 radical (unpaired) electrons. The Morgan fingerprint density at radius 2 is 0.870 bits per heavy atom. The van der Waals surface area contributed by atoms with Crippen LogP contribution < -0.4 is 0 Å². The van der Waals surface area contributed by atoms with Crippen LogP contribution in [-0.4, -0.2) is 9.97 Å². The average Bonchev–Trinajstić information content (AvgIpc) is 3.54. The molecule has 2 heterocycles. The quantitative estimate of drug-likeness (QED) is 0.182. The molecule has 54 heavy (non-hydrogen) atoms. The van der Waals surface area contributed by atoms with Crippen LogP contribution in [0.4, 0.5) is 0 Å². The van der Waals surface area contributed by atoms with E-state index in [0.717, 1.165) is 28.1 Å². The molecule has 2 aliphatic rings. The Kier molecular flexibility index (Phi) is 7.05. The molecule has 11 rings (SSSR count). The van der Waals surface area contributed by atoms with Crippen molar-refractivity contribution in [3.63, 3.8) is 0 Å². The number of rotatable bonds is 4. The number of aromatic nitrogens is 2. The summed E-state index contributed by atoms with van der Waals surface area (Å²) < 4.78 is 0. The van der Waals surface area contributed by atoms with Crippen molar-refractivity contribution >= 4 is 22.5 Å². The van der Waals surface area contributed by atoms with Gasteiger partial charge < -0.3 is 0 Å². The van der Waals surface area contributed by atoms with Gasteiger partial charge in [0.25, 0.3) is 0 Å². The third-order valence-electron chi connectivity index (χ3n) is 11.2. The number of benzene rings is 8. The predicted octanol–water partition coefficient (Wildman–Crippen LogP) is 13.1. The average molecular weight is 705 g/mol. The second kappa shape index (κ2) is 12.3. The van der Waals surface area contributed by atoms with E-state index in [4.69, 9.17) is 9.97 Å². The maximum absolute atomic E-state index is 5.32. The Morgan fingerprint density at radius 1 is 0.333 bits per heavy atom. The summed E-state index contributed by atoms with van der Waals surface area (Å²) in [7, 11) is 0. The van der Waals surface area contributed by atoms with Crippen LogP contribution in [0, 0.1) is 0 Å². The zero-order chi connectivity index (χ0) is 35.6. The molecule has 1 aliphatic carbocycles. The second-order valence-corrected chi connectivity index (χ2v) is 15.1. The number of fused-ring (bicyclic) bond motifs is 10. The fourth-order valence-electron chi connectivity index (χ4n) is 8.86. The van der Waals surface area contributed by atoms with Crippen LogP contribution >= 0.6 is 11.8 Å². The lowest BCUT2D eigenvalue weighted by atomic mass is 9.67. The molecule has 252 valence electrons. The van der Waals surface area contributed by atoms with Gasteiger partial charge in [0.2, 0.25) is 0 Å². The van der Waals surface area contributed by atoms with Crippen molar-refractivity contribution in [1.82, 2.24) is 9.97 Å². The van der Waals surface area contributed by atoms with Crippen LogP contribution in [0.3, 0.4) is 0 Å². The smallest absolute Gasteiger partial charge is 0.160 e. The van der Waals surface area contributed by atoms with Crippen LogP contribution in [0.1, 0.15) is 22.3 Å². The molecule has 0 unspecified atom stereocenters. The Morgan fingerprint density at radius 3 is 1.59 bits per heavy atom. The molecule has 0 saturated heterocycles. The summed E-state index contributed by atoms with van der Waals surface area (Å²) in [4.78, 5) is 13.2. The molecule has 1 spiro atoms. The van der Waals surface area contributed by atoms with Crippen LogP contribution in [0.25, 0.3) is 66.9 Å². The first-order valence-electron chi connectivity index (χ1n) is 18.4. The van der Waals surface area contributed by atoms with Crippen molar-refractivity contribution in [2.75, 3.05) is 0 Å². The molecule has 0 N–H and O–H groups in total. The lowest BCUT2D eigenvalue weighted by molar-refractivity contribution is 0.722. The maximum atomic E-state index is 5.32. The molecule has 0 fully saturated rings. The van der Waals surface area contributed by atoms with E-state index in [0.29, 0.717) is 5.82 Å². The van der Waals surface area contributed by atoms with Crippen molar-refractivity contribution in [2.24, 2.45) is 0 Å². The largest absolute Gasteiger partial charge is 0.228 e. The third-order valence-corrected chi connectivity index (χ3v) is 12.3. The van der Waals surface area contributed by atoms with Gasteiger partial charge in [0.15, 0.2) is 5.82 Å².